The number of nitrogens with one attached hydrogen (secondary N) is 1. The van der Waals surface area contributed by atoms with Gasteiger partial charge in [0.1, 0.15) is 5.75 Å². The molecule has 2 heterocycles. The summed E-state index contributed by atoms with van der Waals surface area (Å²) in [5.41, 5.74) is 0.768. The van der Waals surface area contributed by atoms with Crippen LogP contribution >= 0.6 is 11.3 Å². The maximum absolute atomic E-state index is 12.8. The predicted octanol–water partition coefficient (Wildman–Crippen LogP) is 3.97. The van der Waals surface area contributed by atoms with E-state index in [-0.39, 0.29) is 12.1 Å². The minimum atomic E-state index is -0.0690. The average Bonchev–Trinajstić information content (AvgIpc) is 3.14. The van der Waals surface area contributed by atoms with Gasteiger partial charge in [0, 0.05) is 29.8 Å². The zero-order valence-electron chi connectivity index (χ0n) is 13.7. The third-order valence-electron chi connectivity index (χ3n) is 4.14. The predicted molar refractivity (Wildman–Crippen MR) is 95.7 cm³/mol. The third kappa shape index (κ3) is 4.27. The molecule has 1 aromatic heterocycles. The second-order valence-electron chi connectivity index (χ2n) is 5.71. The van der Waals surface area contributed by atoms with Crippen LogP contribution in [0.2, 0.25) is 0 Å². The van der Waals surface area contributed by atoms with Crippen LogP contribution in [-0.4, -0.2) is 37.3 Å². The summed E-state index contributed by atoms with van der Waals surface area (Å²) >= 11 is 1.67. The van der Waals surface area contributed by atoms with Crippen molar-refractivity contribution in [2.75, 3.05) is 25.6 Å². The van der Waals surface area contributed by atoms with Gasteiger partial charge in [-0.15, -0.1) is 11.3 Å². The number of carbonyl (C=O) groups excluding carboxylic acids is 1. The molecular weight excluding hydrogens is 324 g/mol. The molecule has 1 aromatic carbocycles. The third-order valence-corrected chi connectivity index (χ3v) is 5.00. The van der Waals surface area contributed by atoms with Gasteiger partial charge in [-0.2, -0.15) is 0 Å². The van der Waals surface area contributed by atoms with Gasteiger partial charge in [-0.1, -0.05) is 6.07 Å². The largest absolute Gasteiger partial charge is 0.497 e. The van der Waals surface area contributed by atoms with Crippen LogP contribution in [0.15, 0.2) is 41.8 Å². The number of urea groups is 1. The molecule has 0 spiro atoms. The Kier molecular flexibility index (Phi) is 5.72. The molecule has 5 nitrogen and oxygen atoms in total. The number of rotatable bonds is 5. The highest BCUT2D eigenvalue weighted by molar-refractivity contribution is 7.09. The zero-order valence-corrected chi connectivity index (χ0v) is 14.6. The van der Waals surface area contributed by atoms with E-state index in [0.717, 1.165) is 24.3 Å². The van der Waals surface area contributed by atoms with Gasteiger partial charge in [0.15, 0.2) is 0 Å². The van der Waals surface area contributed by atoms with Crippen LogP contribution in [0.4, 0.5) is 10.5 Å². The number of amides is 2. The Morgan fingerprint density at radius 1 is 1.29 bits per heavy atom. The number of thiophene rings is 1. The van der Waals surface area contributed by atoms with Gasteiger partial charge in [0.05, 0.1) is 13.7 Å². The molecule has 0 saturated carbocycles. The Labute approximate surface area is 146 Å². The average molecular weight is 346 g/mol. The second-order valence-corrected chi connectivity index (χ2v) is 6.74. The van der Waals surface area contributed by atoms with E-state index < -0.39 is 0 Å². The number of hydrogen-bond donors (Lipinski definition) is 1. The maximum Gasteiger partial charge on any atom is 0.322 e. The molecule has 0 radical (unpaired) electrons. The van der Waals surface area contributed by atoms with Crippen molar-refractivity contribution in [2.24, 2.45) is 0 Å². The second kappa shape index (κ2) is 8.17. The van der Waals surface area contributed by atoms with Crippen LogP contribution in [0.25, 0.3) is 0 Å². The molecule has 6 heteroatoms. The Hall–Kier alpha value is -2.05. The fourth-order valence-electron chi connectivity index (χ4n) is 2.80. The number of hydrogen-bond acceptors (Lipinski definition) is 4. The summed E-state index contributed by atoms with van der Waals surface area (Å²) in [7, 11) is 1.63. The van der Waals surface area contributed by atoms with Crippen LogP contribution in [0, 0.1) is 0 Å². The molecule has 1 aliphatic rings. The van der Waals surface area contributed by atoms with Crippen LogP contribution < -0.4 is 10.1 Å². The molecule has 3 rings (SSSR count). The lowest BCUT2D eigenvalue weighted by atomic mass is 10.1. The van der Waals surface area contributed by atoms with E-state index in [4.69, 9.17) is 9.47 Å². The van der Waals surface area contributed by atoms with Gasteiger partial charge < -0.3 is 19.7 Å². The first-order valence-corrected chi connectivity index (χ1v) is 8.96. The van der Waals surface area contributed by atoms with Crippen LogP contribution in [0.5, 0.6) is 5.75 Å². The highest BCUT2D eigenvalue weighted by Crippen LogP contribution is 2.22. The van der Waals surface area contributed by atoms with Gasteiger partial charge in [-0.05, 0) is 48.6 Å². The van der Waals surface area contributed by atoms with E-state index in [9.17, 15) is 4.79 Å². The topological polar surface area (TPSA) is 50.8 Å². The summed E-state index contributed by atoms with van der Waals surface area (Å²) in [6.45, 7) is 2.05. The highest BCUT2D eigenvalue weighted by Gasteiger charge is 2.26. The first-order chi connectivity index (χ1) is 11.8. The fourth-order valence-corrected chi connectivity index (χ4v) is 3.51. The lowest BCUT2D eigenvalue weighted by Crippen LogP contribution is -2.44. The van der Waals surface area contributed by atoms with Crippen LogP contribution in [0.3, 0.4) is 0 Å². The van der Waals surface area contributed by atoms with Crippen molar-refractivity contribution >= 4 is 23.1 Å². The molecule has 2 amide bonds. The lowest BCUT2D eigenvalue weighted by molar-refractivity contribution is 0.0462. The van der Waals surface area contributed by atoms with E-state index in [1.807, 2.05) is 40.6 Å². The summed E-state index contributed by atoms with van der Waals surface area (Å²) in [6.07, 6.45) is 1.75. The van der Waals surface area contributed by atoms with E-state index in [0.29, 0.717) is 19.8 Å². The molecule has 1 N–H and O–H groups in total. The molecule has 0 bridgehead atoms. The molecule has 1 saturated heterocycles. The quantitative estimate of drug-likeness (QED) is 0.891. The van der Waals surface area contributed by atoms with Crippen molar-refractivity contribution in [3.05, 3.63) is 46.7 Å². The number of anilines is 1. The molecular formula is C18H22N2O3S. The van der Waals surface area contributed by atoms with Crippen molar-refractivity contribution in [3.63, 3.8) is 0 Å². The van der Waals surface area contributed by atoms with Crippen molar-refractivity contribution < 1.29 is 14.3 Å². The lowest BCUT2D eigenvalue weighted by Gasteiger charge is -2.34. The maximum atomic E-state index is 12.8. The number of ether oxygens (including phenoxy) is 2. The summed E-state index contributed by atoms with van der Waals surface area (Å²) < 4.78 is 10.6. The molecule has 0 atom stereocenters. The van der Waals surface area contributed by atoms with Crippen LogP contribution in [-0.2, 0) is 11.3 Å². The first kappa shape index (κ1) is 16.8. The molecule has 1 aliphatic heterocycles. The summed E-state index contributed by atoms with van der Waals surface area (Å²) in [5.74, 6) is 0.771. The number of methoxy groups -OCH3 is 1. The number of nitrogens with zero attached hydrogens (tertiary/aromatic N) is 1. The van der Waals surface area contributed by atoms with Gasteiger partial charge in [0.2, 0.25) is 0 Å². The Balaban J connectivity index is 1.71. The minimum Gasteiger partial charge on any atom is -0.497 e. The van der Waals surface area contributed by atoms with Crippen molar-refractivity contribution in [3.8, 4) is 5.75 Å². The van der Waals surface area contributed by atoms with Crippen LogP contribution in [0.1, 0.15) is 17.7 Å². The van der Waals surface area contributed by atoms with Crippen molar-refractivity contribution in [2.45, 2.75) is 25.4 Å². The van der Waals surface area contributed by atoms with Crippen molar-refractivity contribution in [1.29, 1.82) is 0 Å². The SMILES string of the molecule is COc1ccc(NC(=O)N(Cc2cccs2)C2CCOCC2)cc1. The van der Waals surface area contributed by atoms with Gasteiger partial charge in [-0.3, -0.25) is 0 Å². The normalized spacial score (nSPS) is 15.0. The number of benzene rings is 1. The highest BCUT2D eigenvalue weighted by atomic mass is 32.1. The standard InChI is InChI=1S/C18H22N2O3S/c1-22-16-6-4-14(5-7-16)19-18(21)20(13-17-3-2-12-24-17)15-8-10-23-11-9-15/h2-7,12,15H,8-11,13H2,1H3,(H,19,21). The minimum absolute atomic E-state index is 0.0690. The van der Waals surface area contributed by atoms with Gasteiger partial charge in [0.25, 0.3) is 0 Å². The monoisotopic (exact) mass is 346 g/mol. The van der Waals surface area contributed by atoms with E-state index in [1.165, 1.54) is 4.88 Å². The first-order valence-electron chi connectivity index (χ1n) is 8.08. The Morgan fingerprint density at radius 3 is 2.67 bits per heavy atom. The summed E-state index contributed by atoms with van der Waals surface area (Å²) in [4.78, 5) is 16.0. The smallest absolute Gasteiger partial charge is 0.322 e. The van der Waals surface area contributed by atoms with Crippen molar-refractivity contribution in [1.82, 2.24) is 4.90 Å². The van der Waals surface area contributed by atoms with Gasteiger partial charge in [-0.25, -0.2) is 4.79 Å². The number of carbonyl (C=O) groups is 1. The Bertz CT molecular complexity index is 637. The molecule has 24 heavy (non-hydrogen) atoms. The molecule has 128 valence electrons. The molecule has 0 unspecified atom stereocenters. The molecule has 1 fully saturated rings. The summed E-state index contributed by atoms with van der Waals surface area (Å²) in [6, 6.07) is 11.6. The summed E-state index contributed by atoms with van der Waals surface area (Å²) in [5, 5.41) is 5.04. The van der Waals surface area contributed by atoms with E-state index in [2.05, 4.69) is 11.4 Å². The van der Waals surface area contributed by atoms with E-state index in [1.54, 1.807) is 18.4 Å². The fraction of sp³-hybridized carbons (Fsp3) is 0.389. The van der Waals surface area contributed by atoms with Gasteiger partial charge >= 0.3 is 6.03 Å². The Morgan fingerprint density at radius 2 is 2.04 bits per heavy atom. The molecule has 0 aliphatic carbocycles. The van der Waals surface area contributed by atoms with E-state index >= 15 is 0 Å². The molecule has 2 aromatic rings. The zero-order chi connectivity index (χ0) is 16.8.